The molecular formula is C10HCl21O. The number of aliphatic hydroxyl groups is 1. The first-order valence-corrected chi connectivity index (χ1v) is 14.4. The Bertz CT molecular complexity index is 675. The molecule has 0 aromatic heterocycles. The summed E-state index contributed by atoms with van der Waals surface area (Å²) in [6.45, 7) is 0. The van der Waals surface area contributed by atoms with E-state index in [9.17, 15) is 5.11 Å². The third kappa shape index (κ3) is 5.84. The SMILES string of the molecule is OC(C(Cl)(Cl)Cl)(C(Cl)(Cl)Cl)C(Cl)(Cl)C(Cl)(Cl)C(Cl)(Cl)C(Cl)(Cl)C(Cl)(Cl)C(Cl)(Cl)C(Cl)(Cl)Cl. The predicted octanol–water partition coefficient (Wildman–Crippen LogP) is 11.9. The van der Waals surface area contributed by atoms with Crippen LogP contribution in [0.2, 0.25) is 0 Å². The Morgan fingerprint density at radius 2 is 0.438 bits per heavy atom. The summed E-state index contributed by atoms with van der Waals surface area (Å²) in [4.78, 5) is 0. The van der Waals surface area contributed by atoms with Gasteiger partial charge >= 0.3 is 0 Å². The third-order valence-electron chi connectivity index (χ3n) is 3.60. The Morgan fingerprint density at radius 1 is 0.250 bits per heavy atom. The van der Waals surface area contributed by atoms with Crippen molar-refractivity contribution in [1.29, 1.82) is 0 Å². The molecule has 0 spiro atoms. The van der Waals surface area contributed by atoms with Crippen LogP contribution in [-0.4, -0.2) is 48.1 Å². The van der Waals surface area contributed by atoms with Crippen LogP contribution in [0.15, 0.2) is 0 Å². The van der Waals surface area contributed by atoms with Crippen LogP contribution in [-0.2, 0) is 0 Å². The normalized spacial score (nSPS) is 17.1. The van der Waals surface area contributed by atoms with E-state index >= 15 is 0 Å². The van der Waals surface area contributed by atoms with Crippen molar-refractivity contribution >= 4 is 244 Å². The van der Waals surface area contributed by atoms with E-state index in [1.807, 2.05) is 0 Å². The zero-order valence-corrected chi connectivity index (χ0v) is 29.3. The number of halogens is 21. The summed E-state index contributed by atoms with van der Waals surface area (Å²) >= 11 is 125. The molecule has 0 saturated carbocycles. The summed E-state index contributed by atoms with van der Waals surface area (Å²) in [5, 5.41) is 11.1. The zero-order chi connectivity index (χ0) is 27.0. The van der Waals surface area contributed by atoms with Gasteiger partial charge in [-0.2, -0.15) is 0 Å². The summed E-state index contributed by atoms with van der Waals surface area (Å²) in [6, 6.07) is 0. The lowest BCUT2D eigenvalue weighted by atomic mass is 9.94. The molecule has 0 saturated heterocycles. The molecule has 0 rings (SSSR count). The molecule has 0 aromatic carbocycles. The van der Waals surface area contributed by atoms with Gasteiger partial charge in [-0.25, -0.2) is 0 Å². The number of alkyl halides is 21. The van der Waals surface area contributed by atoms with Gasteiger partial charge < -0.3 is 5.11 Å². The maximum absolute atomic E-state index is 11.1. The Labute approximate surface area is 287 Å². The van der Waals surface area contributed by atoms with Crippen LogP contribution in [0, 0.1) is 0 Å². The van der Waals surface area contributed by atoms with Crippen molar-refractivity contribution in [1.82, 2.24) is 0 Å². The first kappa shape index (κ1) is 38.0. The van der Waals surface area contributed by atoms with E-state index in [1.54, 1.807) is 0 Å². The van der Waals surface area contributed by atoms with E-state index in [-0.39, 0.29) is 0 Å². The van der Waals surface area contributed by atoms with Crippen molar-refractivity contribution in [3.63, 3.8) is 0 Å². The van der Waals surface area contributed by atoms with Crippen LogP contribution >= 0.6 is 244 Å². The number of hydrogen-bond acceptors (Lipinski definition) is 1. The molecule has 22 heteroatoms. The standard InChI is InChI=1S/C10HCl21O/c11-2(12,1(32,8(23,24)25)9(26,27)28)3(13,14)4(15,16)5(17,18)6(19,20)7(21,22)10(29,30)31/h32H. The minimum atomic E-state index is -3.54. The maximum Gasteiger partial charge on any atom is 0.226 e. The fourth-order valence-electron chi connectivity index (χ4n) is 1.71. The molecule has 0 heterocycles. The average molecular weight is 882 g/mol. The van der Waals surface area contributed by atoms with Crippen LogP contribution in [0.3, 0.4) is 0 Å². The molecule has 1 N–H and O–H groups in total. The van der Waals surface area contributed by atoms with E-state index in [0.29, 0.717) is 0 Å². The quantitative estimate of drug-likeness (QED) is 0.264. The largest absolute Gasteiger partial charge is 0.378 e. The average Bonchev–Trinajstić information content (AvgIpc) is 2.49. The van der Waals surface area contributed by atoms with Gasteiger partial charge in [0.1, 0.15) is 0 Å². The van der Waals surface area contributed by atoms with E-state index in [4.69, 9.17) is 244 Å². The van der Waals surface area contributed by atoms with E-state index in [0.717, 1.165) is 0 Å². The van der Waals surface area contributed by atoms with Gasteiger partial charge in [-0.05, 0) is 0 Å². The second-order valence-electron chi connectivity index (χ2n) is 5.65. The molecule has 0 unspecified atom stereocenters. The van der Waals surface area contributed by atoms with Crippen molar-refractivity contribution < 1.29 is 5.11 Å². The summed E-state index contributed by atoms with van der Waals surface area (Å²) in [5.74, 6) is 0. The highest BCUT2D eigenvalue weighted by Gasteiger charge is 2.85. The maximum atomic E-state index is 11.1. The monoisotopic (exact) mass is 871 g/mol. The van der Waals surface area contributed by atoms with Crippen LogP contribution in [0.5, 0.6) is 0 Å². The molecule has 0 atom stereocenters. The first-order chi connectivity index (χ1) is 13.2. The molecule has 0 amide bonds. The van der Waals surface area contributed by atoms with Crippen molar-refractivity contribution in [3.8, 4) is 0 Å². The fourth-order valence-corrected chi connectivity index (χ4v) is 9.31. The Kier molecular flexibility index (Phi) is 13.1. The molecule has 0 aliphatic heterocycles. The highest BCUT2D eigenvalue weighted by Crippen LogP contribution is 2.74. The lowest BCUT2D eigenvalue weighted by Gasteiger charge is -2.57. The molecule has 0 aliphatic carbocycles. The Hall–Kier alpha value is 6.05. The van der Waals surface area contributed by atoms with E-state index in [2.05, 4.69) is 0 Å². The van der Waals surface area contributed by atoms with Gasteiger partial charge in [-0.3, -0.25) is 0 Å². The molecule has 194 valence electrons. The van der Waals surface area contributed by atoms with Crippen LogP contribution < -0.4 is 0 Å². The predicted molar refractivity (Wildman–Crippen MR) is 152 cm³/mol. The molecule has 0 aromatic rings. The van der Waals surface area contributed by atoms with Gasteiger partial charge in [0.05, 0.1) is 0 Å². The van der Waals surface area contributed by atoms with Crippen molar-refractivity contribution in [2.75, 3.05) is 0 Å². The van der Waals surface area contributed by atoms with Crippen molar-refractivity contribution in [3.05, 3.63) is 0 Å². The van der Waals surface area contributed by atoms with Crippen LogP contribution in [0.25, 0.3) is 0 Å². The van der Waals surface area contributed by atoms with Crippen molar-refractivity contribution in [2.24, 2.45) is 0 Å². The molecular weight excluding hydrogens is 881 g/mol. The Balaban J connectivity index is 7.19. The van der Waals surface area contributed by atoms with E-state index < -0.39 is 43.0 Å². The third-order valence-corrected chi connectivity index (χ3v) is 15.4. The summed E-state index contributed by atoms with van der Waals surface area (Å²) in [6.07, 6.45) is 0. The minimum absolute atomic E-state index is 2.71. The first-order valence-electron chi connectivity index (χ1n) is 6.44. The summed E-state index contributed by atoms with van der Waals surface area (Å²) in [5.41, 5.74) is -3.54. The lowest BCUT2D eigenvalue weighted by Crippen LogP contribution is -2.76. The Morgan fingerprint density at radius 3 is 0.625 bits per heavy atom. The molecule has 0 radical (unpaired) electrons. The lowest BCUT2D eigenvalue weighted by molar-refractivity contribution is 0.0230. The molecule has 0 aliphatic rings. The smallest absolute Gasteiger partial charge is 0.226 e. The fraction of sp³-hybridized carbons (Fsp3) is 1.00. The van der Waals surface area contributed by atoms with Gasteiger partial charge in [0.2, 0.25) is 15.7 Å². The molecule has 32 heavy (non-hydrogen) atoms. The van der Waals surface area contributed by atoms with Gasteiger partial charge in [-0.15, -0.1) is 0 Å². The van der Waals surface area contributed by atoms with Gasteiger partial charge in [-0.1, -0.05) is 244 Å². The topological polar surface area (TPSA) is 20.2 Å². The van der Waals surface area contributed by atoms with Crippen LogP contribution in [0.4, 0.5) is 0 Å². The molecule has 0 fully saturated rings. The van der Waals surface area contributed by atoms with Gasteiger partial charge in [0, 0.05) is 0 Å². The number of rotatable bonds is 6. The number of hydrogen-bond donors (Lipinski definition) is 1. The highest BCUT2D eigenvalue weighted by molar-refractivity contribution is 6.83. The molecule has 1 nitrogen and oxygen atoms in total. The van der Waals surface area contributed by atoms with Crippen molar-refractivity contribution in [2.45, 2.75) is 43.0 Å². The summed E-state index contributed by atoms with van der Waals surface area (Å²) in [7, 11) is 0. The summed E-state index contributed by atoms with van der Waals surface area (Å²) < 4.78 is -28.2. The highest BCUT2D eigenvalue weighted by atomic mass is 35.6. The van der Waals surface area contributed by atoms with Gasteiger partial charge in [0.15, 0.2) is 27.3 Å². The molecule has 0 bridgehead atoms. The van der Waals surface area contributed by atoms with E-state index in [1.165, 1.54) is 0 Å². The minimum Gasteiger partial charge on any atom is -0.378 e. The zero-order valence-electron chi connectivity index (χ0n) is 13.4. The second-order valence-corrected chi connectivity index (χ2v) is 20.5. The van der Waals surface area contributed by atoms with Crippen LogP contribution in [0.1, 0.15) is 0 Å². The second kappa shape index (κ2) is 11.0. The van der Waals surface area contributed by atoms with Gasteiger partial charge in [0.25, 0.3) is 0 Å².